The Morgan fingerprint density at radius 2 is 2.03 bits per heavy atom. The van der Waals surface area contributed by atoms with Gasteiger partial charge in [0, 0.05) is 24.2 Å². The Morgan fingerprint density at radius 3 is 2.76 bits per heavy atom. The number of amides is 2. The second kappa shape index (κ2) is 7.70. The van der Waals surface area contributed by atoms with Crippen LogP contribution in [0, 0.1) is 5.82 Å². The lowest BCUT2D eigenvalue weighted by Gasteiger charge is -2.16. The number of methoxy groups -OCH3 is 1. The average Bonchev–Trinajstić information content (AvgIpc) is 3.34. The lowest BCUT2D eigenvalue weighted by atomic mass is 10.1. The third-order valence-electron chi connectivity index (χ3n) is 4.61. The second-order valence-corrected chi connectivity index (χ2v) is 6.51. The van der Waals surface area contributed by atoms with E-state index in [1.54, 1.807) is 36.3 Å². The van der Waals surface area contributed by atoms with E-state index in [4.69, 9.17) is 9.15 Å². The Bertz CT molecular complexity index is 1050. The number of anilines is 2. The van der Waals surface area contributed by atoms with Gasteiger partial charge in [0.1, 0.15) is 11.6 Å². The van der Waals surface area contributed by atoms with Crippen molar-refractivity contribution in [3.63, 3.8) is 0 Å². The Kier molecular flexibility index (Phi) is 4.94. The monoisotopic (exact) mass is 396 g/mol. The van der Waals surface area contributed by atoms with Gasteiger partial charge in [-0.1, -0.05) is 11.2 Å². The molecule has 3 aromatic rings. The number of hydrogen-bond donors (Lipinski definition) is 1. The standard InChI is InChI=1S/C20H17FN4O4/c1-28-16-7-5-15(6-8-16)25-11-13(10-17(25)26)19-23-24-20(29-19)22-18(27)12-3-2-4-14(21)9-12/h2-9,13H,10-11H2,1H3,(H,22,24,27)/t13-/m0/s1. The number of hydrogen-bond acceptors (Lipinski definition) is 6. The lowest BCUT2D eigenvalue weighted by Crippen LogP contribution is -2.24. The molecule has 9 heteroatoms. The van der Waals surface area contributed by atoms with Crippen molar-refractivity contribution in [3.05, 3.63) is 65.8 Å². The first-order chi connectivity index (χ1) is 14.0. The van der Waals surface area contributed by atoms with Gasteiger partial charge in [-0.3, -0.25) is 14.9 Å². The number of aromatic nitrogens is 2. The Balaban J connectivity index is 1.44. The van der Waals surface area contributed by atoms with Gasteiger partial charge in [-0.05, 0) is 42.5 Å². The lowest BCUT2D eigenvalue weighted by molar-refractivity contribution is -0.117. The van der Waals surface area contributed by atoms with E-state index in [0.717, 1.165) is 11.8 Å². The first-order valence-corrected chi connectivity index (χ1v) is 8.88. The van der Waals surface area contributed by atoms with Crippen LogP contribution in [0.2, 0.25) is 0 Å². The van der Waals surface area contributed by atoms with Gasteiger partial charge in [-0.2, -0.15) is 0 Å². The summed E-state index contributed by atoms with van der Waals surface area (Å²) in [5.41, 5.74) is 0.879. The highest BCUT2D eigenvalue weighted by molar-refractivity contribution is 6.03. The molecule has 29 heavy (non-hydrogen) atoms. The van der Waals surface area contributed by atoms with E-state index >= 15 is 0 Å². The molecule has 1 N–H and O–H groups in total. The highest BCUT2D eigenvalue weighted by Crippen LogP contribution is 2.32. The topological polar surface area (TPSA) is 97.6 Å². The van der Waals surface area contributed by atoms with Crippen molar-refractivity contribution in [1.82, 2.24) is 10.2 Å². The molecule has 4 rings (SSSR count). The SMILES string of the molecule is COc1ccc(N2C[C@@H](c3nnc(NC(=O)c4cccc(F)c4)o3)CC2=O)cc1. The van der Waals surface area contributed by atoms with Gasteiger partial charge in [0.2, 0.25) is 11.8 Å². The molecule has 148 valence electrons. The van der Waals surface area contributed by atoms with Crippen LogP contribution in [0.25, 0.3) is 0 Å². The number of carbonyl (C=O) groups excluding carboxylic acids is 2. The number of carbonyl (C=O) groups is 2. The molecular weight excluding hydrogens is 379 g/mol. The normalized spacial score (nSPS) is 16.1. The predicted octanol–water partition coefficient (Wildman–Crippen LogP) is 2.99. The third-order valence-corrected chi connectivity index (χ3v) is 4.61. The smallest absolute Gasteiger partial charge is 0.322 e. The third kappa shape index (κ3) is 3.93. The Hall–Kier alpha value is -3.75. The molecule has 1 fully saturated rings. The summed E-state index contributed by atoms with van der Waals surface area (Å²) >= 11 is 0. The van der Waals surface area contributed by atoms with Crippen LogP contribution in [0.5, 0.6) is 5.75 Å². The maximum absolute atomic E-state index is 13.3. The van der Waals surface area contributed by atoms with Crippen molar-refractivity contribution in [2.75, 3.05) is 23.9 Å². The van der Waals surface area contributed by atoms with Gasteiger partial charge in [0.15, 0.2) is 0 Å². The summed E-state index contributed by atoms with van der Waals surface area (Å²) in [6.07, 6.45) is 0.214. The van der Waals surface area contributed by atoms with Gasteiger partial charge in [0.25, 0.3) is 5.91 Å². The first kappa shape index (κ1) is 18.6. The quantitative estimate of drug-likeness (QED) is 0.712. The Labute approximate surface area is 165 Å². The van der Waals surface area contributed by atoms with Crippen LogP contribution >= 0.6 is 0 Å². The molecule has 0 unspecified atom stereocenters. The zero-order valence-electron chi connectivity index (χ0n) is 15.5. The molecule has 2 heterocycles. The van der Waals surface area contributed by atoms with Gasteiger partial charge in [-0.15, -0.1) is 5.10 Å². The highest BCUT2D eigenvalue weighted by Gasteiger charge is 2.35. The number of nitrogens with zero attached hydrogens (tertiary/aromatic N) is 3. The van der Waals surface area contributed by atoms with Crippen LogP contribution in [0.1, 0.15) is 28.6 Å². The van der Waals surface area contributed by atoms with Crippen molar-refractivity contribution in [1.29, 1.82) is 0 Å². The summed E-state index contributed by atoms with van der Waals surface area (Å²) in [7, 11) is 1.58. The Morgan fingerprint density at radius 1 is 1.24 bits per heavy atom. The number of halogens is 1. The van der Waals surface area contributed by atoms with Crippen molar-refractivity contribution in [3.8, 4) is 5.75 Å². The minimum Gasteiger partial charge on any atom is -0.497 e. The van der Waals surface area contributed by atoms with Gasteiger partial charge < -0.3 is 14.1 Å². The minimum absolute atomic E-state index is 0.0660. The fourth-order valence-electron chi connectivity index (χ4n) is 3.13. The van der Waals surface area contributed by atoms with Crippen molar-refractivity contribution in [2.45, 2.75) is 12.3 Å². The molecule has 2 amide bonds. The predicted molar refractivity (Wildman–Crippen MR) is 101 cm³/mol. The van der Waals surface area contributed by atoms with Crippen LogP contribution in [-0.4, -0.2) is 35.7 Å². The van der Waals surface area contributed by atoms with E-state index in [1.165, 1.54) is 18.2 Å². The largest absolute Gasteiger partial charge is 0.497 e. The van der Waals surface area contributed by atoms with Crippen LogP contribution in [-0.2, 0) is 4.79 Å². The van der Waals surface area contributed by atoms with Crippen molar-refractivity contribution < 1.29 is 23.1 Å². The fraction of sp³-hybridized carbons (Fsp3) is 0.200. The number of ether oxygens (including phenoxy) is 1. The summed E-state index contributed by atoms with van der Waals surface area (Å²) in [6.45, 7) is 0.380. The molecule has 0 spiro atoms. The average molecular weight is 396 g/mol. The maximum atomic E-state index is 13.3. The minimum atomic E-state index is -0.568. The van der Waals surface area contributed by atoms with Crippen LogP contribution in [0.15, 0.2) is 52.9 Å². The summed E-state index contributed by atoms with van der Waals surface area (Å²) in [5, 5.41) is 10.2. The molecule has 0 bridgehead atoms. The van der Waals surface area contributed by atoms with Crippen LogP contribution in [0.3, 0.4) is 0 Å². The molecule has 1 atom stereocenters. The first-order valence-electron chi connectivity index (χ1n) is 8.88. The number of benzene rings is 2. The molecule has 0 saturated carbocycles. The van der Waals surface area contributed by atoms with E-state index in [0.29, 0.717) is 12.3 Å². The van der Waals surface area contributed by atoms with Crippen molar-refractivity contribution in [2.24, 2.45) is 0 Å². The summed E-state index contributed by atoms with van der Waals surface area (Å²) < 4.78 is 23.9. The zero-order valence-corrected chi connectivity index (χ0v) is 15.5. The molecule has 0 aliphatic carbocycles. The highest BCUT2D eigenvalue weighted by atomic mass is 19.1. The van der Waals surface area contributed by atoms with Gasteiger partial charge >= 0.3 is 6.01 Å². The molecule has 1 aliphatic rings. The zero-order chi connectivity index (χ0) is 20.4. The van der Waals surface area contributed by atoms with E-state index < -0.39 is 11.7 Å². The molecule has 8 nitrogen and oxygen atoms in total. The molecule has 2 aromatic carbocycles. The fourth-order valence-corrected chi connectivity index (χ4v) is 3.13. The summed E-state index contributed by atoms with van der Waals surface area (Å²) in [5.74, 6) is -0.494. The summed E-state index contributed by atoms with van der Waals surface area (Å²) in [4.78, 5) is 26.2. The number of rotatable bonds is 5. The van der Waals surface area contributed by atoms with E-state index in [2.05, 4.69) is 15.5 Å². The molecular formula is C20H17FN4O4. The molecule has 1 aromatic heterocycles. The van der Waals surface area contributed by atoms with Crippen LogP contribution in [0.4, 0.5) is 16.1 Å². The van der Waals surface area contributed by atoms with Crippen molar-refractivity contribution >= 4 is 23.5 Å². The number of nitrogens with one attached hydrogen (secondary N) is 1. The molecule has 1 aliphatic heterocycles. The summed E-state index contributed by atoms with van der Waals surface area (Å²) in [6, 6.07) is 12.3. The molecule has 1 saturated heterocycles. The van der Waals surface area contributed by atoms with E-state index in [9.17, 15) is 14.0 Å². The molecule has 0 radical (unpaired) electrons. The van der Waals surface area contributed by atoms with Crippen LogP contribution < -0.4 is 15.0 Å². The van der Waals surface area contributed by atoms with Gasteiger partial charge in [0.05, 0.1) is 13.0 Å². The maximum Gasteiger partial charge on any atom is 0.322 e. The second-order valence-electron chi connectivity index (χ2n) is 6.51. The van der Waals surface area contributed by atoms with E-state index in [-0.39, 0.29) is 35.7 Å². The van der Waals surface area contributed by atoms with E-state index in [1.807, 2.05) is 0 Å². The van der Waals surface area contributed by atoms with Gasteiger partial charge in [-0.25, -0.2) is 4.39 Å².